The van der Waals surface area contributed by atoms with Gasteiger partial charge in [0.25, 0.3) is 0 Å². The molecule has 0 N–H and O–H groups in total. The van der Waals surface area contributed by atoms with E-state index in [1.807, 2.05) is 0 Å². The van der Waals surface area contributed by atoms with Crippen molar-refractivity contribution in [3.05, 3.63) is 57.1 Å². The minimum Gasteiger partial charge on any atom is -0.466 e. The molecule has 0 heterocycles. The Bertz CT molecular complexity index is 1200. The topological polar surface area (TPSA) is 88.9 Å². The quantitative estimate of drug-likeness (QED) is 0.120. The summed E-state index contributed by atoms with van der Waals surface area (Å²) in [6.45, 7) is 1.76. The first-order chi connectivity index (χ1) is 17.7. The van der Waals surface area contributed by atoms with E-state index in [1.165, 1.54) is 12.1 Å². The molecule has 0 unspecified atom stereocenters. The second kappa shape index (κ2) is 13.3. The SMILES string of the molecule is CCOC(=O)CCN(CCCl)OC(=O)c1cc(Oc2c(Cl)cc(C(F)(F)C(F)(F)F)cc2Cl)ccc1C#N. The maximum absolute atomic E-state index is 13.7. The average Bonchev–Trinajstić information content (AvgIpc) is 2.84. The standard InChI is InChI=1S/C23H18Cl3F5N2O5/c1-2-36-19(34)5-7-33(8-6-24)38-21(35)16-11-15(4-3-13(16)12-32)37-20-17(25)9-14(10-18(20)26)22(27,28)23(29,30)31/h3-4,9-11H,2,5-8H2,1H3. The number of hydroxylamine groups is 2. The van der Waals surface area contributed by atoms with Crippen LogP contribution in [0.5, 0.6) is 11.5 Å². The van der Waals surface area contributed by atoms with Crippen LogP contribution in [0.25, 0.3) is 0 Å². The van der Waals surface area contributed by atoms with E-state index in [9.17, 15) is 36.8 Å². The molecule has 15 heteroatoms. The van der Waals surface area contributed by atoms with E-state index in [2.05, 4.69) is 0 Å². The molecule has 0 aromatic heterocycles. The van der Waals surface area contributed by atoms with E-state index in [0.29, 0.717) is 12.1 Å². The van der Waals surface area contributed by atoms with Crippen LogP contribution in [-0.2, 0) is 20.3 Å². The molecule has 2 aromatic rings. The van der Waals surface area contributed by atoms with Crippen molar-refractivity contribution in [1.82, 2.24) is 5.06 Å². The number of nitriles is 1. The Balaban J connectivity index is 2.31. The number of hydrogen-bond acceptors (Lipinski definition) is 7. The zero-order chi connectivity index (χ0) is 28.7. The van der Waals surface area contributed by atoms with Crippen molar-refractivity contribution in [2.24, 2.45) is 0 Å². The van der Waals surface area contributed by atoms with Gasteiger partial charge in [0.05, 0.1) is 34.2 Å². The molecule has 0 aliphatic carbocycles. The van der Waals surface area contributed by atoms with Gasteiger partial charge >= 0.3 is 24.0 Å². The van der Waals surface area contributed by atoms with Crippen LogP contribution >= 0.6 is 34.8 Å². The molecule has 0 radical (unpaired) electrons. The number of hydrogen-bond donors (Lipinski definition) is 0. The van der Waals surface area contributed by atoms with Gasteiger partial charge in [-0.05, 0) is 37.3 Å². The van der Waals surface area contributed by atoms with Gasteiger partial charge in [-0.25, -0.2) is 4.79 Å². The summed E-state index contributed by atoms with van der Waals surface area (Å²) < 4.78 is 75.8. The first kappa shape index (κ1) is 31.4. The lowest BCUT2D eigenvalue weighted by Gasteiger charge is -2.21. The fourth-order valence-electron chi connectivity index (χ4n) is 2.89. The molecular formula is C23H18Cl3F5N2O5. The minimum atomic E-state index is -5.89. The van der Waals surface area contributed by atoms with Crippen molar-refractivity contribution in [2.45, 2.75) is 25.4 Å². The van der Waals surface area contributed by atoms with Gasteiger partial charge < -0.3 is 14.3 Å². The second-order valence-electron chi connectivity index (χ2n) is 7.31. The molecule has 0 saturated carbocycles. The third-order valence-corrected chi connectivity index (χ3v) is 5.42. The predicted molar refractivity (Wildman–Crippen MR) is 127 cm³/mol. The summed E-state index contributed by atoms with van der Waals surface area (Å²) in [7, 11) is 0. The van der Waals surface area contributed by atoms with Gasteiger partial charge in [0.1, 0.15) is 11.8 Å². The van der Waals surface area contributed by atoms with Gasteiger partial charge in [-0.2, -0.15) is 27.2 Å². The maximum Gasteiger partial charge on any atom is 0.458 e. The average molecular weight is 604 g/mol. The lowest BCUT2D eigenvalue weighted by atomic mass is 10.1. The maximum atomic E-state index is 13.7. The van der Waals surface area contributed by atoms with Crippen molar-refractivity contribution >= 4 is 46.7 Å². The number of esters is 1. The van der Waals surface area contributed by atoms with Crippen molar-refractivity contribution in [3.8, 4) is 17.6 Å². The summed E-state index contributed by atoms with van der Waals surface area (Å²) in [6.07, 6.45) is -6.01. The Labute approximate surface area is 228 Å². The molecule has 0 aliphatic rings. The van der Waals surface area contributed by atoms with Crippen molar-refractivity contribution in [2.75, 3.05) is 25.6 Å². The summed E-state index contributed by atoms with van der Waals surface area (Å²) in [4.78, 5) is 29.6. The van der Waals surface area contributed by atoms with Crippen LogP contribution in [0, 0.1) is 11.3 Å². The van der Waals surface area contributed by atoms with E-state index in [-0.39, 0.29) is 48.9 Å². The van der Waals surface area contributed by atoms with Gasteiger partial charge in [-0.3, -0.25) is 4.79 Å². The lowest BCUT2D eigenvalue weighted by molar-refractivity contribution is -0.289. The minimum absolute atomic E-state index is 0.0325. The zero-order valence-corrected chi connectivity index (χ0v) is 21.6. The van der Waals surface area contributed by atoms with Crippen LogP contribution in [0.1, 0.15) is 34.8 Å². The number of carbonyl (C=O) groups excluding carboxylic acids is 2. The molecular weight excluding hydrogens is 586 g/mol. The summed E-state index contributed by atoms with van der Waals surface area (Å²) in [5, 5.41) is 9.13. The van der Waals surface area contributed by atoms with Gasteiger partial charge in [0.2, 0.25) is 0 Å². The summed E-state index contributed by atoms with van der Waals surface area (Å²) in [6, 6.07) is 5.91. The van der Waals surface area contributed by atoms with Crippen LogP contribution < -0.4 is 4.74 Å². The molecule has 7 nitrogen and oxygen atoms in total. The normalized spacial score (nSPS) is 11.7. The molecule has 2 rings (SSSR count). The van der Waals surface area contributed by atoms with Crippen molar-refractivity contribution < 1.29 is 45.9 Å². The number of carbonyl (C=O) groups is 2. The Morgan fingerprint density at radius 2 is 1.68 bits per heavy atom. The fourth-order valence-corrected chi connectivity index (χ4v) is 3.64. The predicted octanol–water partition coefficient (Wildman–Crippen LogP) is 6.88. The first-order valence-corrected chi connectivity index (χ1v) is 11.9. The van der Waals surface area contributed by atoms with Crippen LogP contribution in [0.15, 0.2) is 30.3 Å². The van der Waals surface area contributed by atoms with E-state index >= 15 is 0 Å². The highest BCUT2D eigenvalue weighted by atomic mass is 35.5. The van der Waals surface area contributed by atoms with Crippen LogP contribution in [-0.4, -0.2) is 48.8 Å². The zero-order valence-electron chi connectivity index (χ0n) is 19.4. The molecule has 2 aromatic carbocycles. The monoisotopic (exact) mass is 602 g/mol. The number of ether oxygens (including phenoxy) is 2. The summed E-state index contributed by atoms with van der Waals surface area (Å²) in [5.41, 5.74) is -1.94. The van der Waals surface area contributed by atoms with E-state index < -0.39 is 45.4 Å². The largest absolute Gasteiger partial charge is 0.466 e. The molecule has 38 heavy (non-hydrogen) atoms. The van der Waals surface area contributed by atoms with Gasteiger partial charge in [-0.1, -0.05) is 23.2 Å². The highest BCUT2D eigenvalue weighted by Gasteiger charge is 2.59. The van der Waals surface area contributed by atoms with Crippen molar-refractivity contribution in [3.63, 3.8) is 0 Å². The van der Waals surface area contributed by atoms with E-state index in [0.717, 1.165) is 11.1 Å². The third kappa shape index (κ3) is 7.83. The summed E-state index contributed by atoms with van der Waals surface area (Å²) >= 11 is 17.5. The van der Waals surface area contributed by atoms with Crippen LogP contribution in [0.4, 0.5) is 22.0 Å². The molecule has 0 spiro atoms. The smallest absolute Gasteiger partial charge is 0.458 e. The van der Waals surface area contributed by atoms with Gasteiger partial charge in [0.15, 0.2) is 5.75 Å². The molecule has 0 bridgehead atoms. The Kier molecular flexibility index (Phi) is 11.0. The van der Waals surface area contributed by atoms with Crippen molar-refractivity contribution in [1.29, 1.82) is 5.26 Å². The Hall–Kier alpha value is -2.85. The fraction of sp³-hybridized carbons (Fsp3) is 0.348. The first-order valence-electron chi connectivity index (χ1n) is 10.6. The van der Waals surface area contributed by atoms with Gasteiger partial charge in [0, 0.05) is 24.5 Å². The lowest BCUT2D eigenvalue weighted by Crippen LogP contribution is -2.33. The van der Waals surface area contributed by atoms with Gasteiger partial charge in [-0.15, -0.1) is 16.7 Å². The Morgan fingerprint density at radius 3 is 2.21 bits per heavy atom. The van der Waals surface area contributed by atoms with E-state index in [1.54, 1.807) is 13.0 Å². The third-order valence-electron chi connectivity index (χ3n) is 4.68. The molecule has 0 saturated heterocycles. The molecule has 206 valence electrons. The highest BCUT2D eigenvalue weighted by Crippen LogP contribution is 2.47. The van der Waals surface area contributed by atoms with E-state index in [4.69, 9.17) is 49.1 Å². The second-order valence-corrected chi connectivity index (χ2v) is 8.51. The van der Waals surface area contributed by atoms with Crippen LogP contribution in [0.3, 0.4) is 0 Å². The summed E-state index contributed by atoms with van der Waals surface area (Å²) in [5.74, 6) is -7.41. The number of rotatable bonds is 11. The highest BCUT2D eigenvalue weighted by molar-refractivity contribution is 6.37. The number of halogens is 8. The number of benzene rings is 2. The van der Waals surface area contributed by atoms with Crippen LogP contribution in [0.2, 0.25) is 10.0 Å². The molecule has 0 atom stereocenters. The number of nitrogens with zero attached hydrogens (tertiary/aromatic N) is 2. The molecule has 0 amide bonds. The Morgan fingerprint density at radius 1 is 1.05 bits per heavy atom. The molecule has 0 aliphatic heterocycles. The molecule has 0 fully saturated rings. The number of alkyl halides is 6.